The molecule has 0 bridgehead atoms. The zero-order valence-corrected chi connectivity index (χ0v) is 20.3. The van der Waals surface area contributed by atoms with Crippen molar-refractivity contribution in [2.24, 2.45) is 11.1 Å². The lowest BCUT2D eigenvalue weighted by atomic mass is 9.86. The van der Waals surface area contributed by atoms with Gasteiger partial charge in [-0.25, -0.2) is 4.98 Å². The summed E-state index contributed by atoms with van der Waals surface area (Å²) in [6.45, 7) is 10.3. The molecule has 0 aliphatic carbocycles. The summed E-state index contributed by atoms with van der Waals surface area (Å²) in [5.41, 5.74) is 8.80. The Morgan fingerprint density at radius 1 is 1.31 bits per heavy atom. The number of amides is 2. The van der Waals surface area contributed by atoms with Gasteiger partial charge in [-0.05, 0) is 29.9 Å². The number of likely N-dealkylation sites (tertiary alicyclic amines) is 1. The van der Waals surface area contributed by atoms with Gasteiger partial charge in [0.2, 0.25) is 11.8 Å². The van der Waals surface area contributed by atoms with E-state index < -0.39 is 23.6 Å². The van der Waals surface area contributed by atoms with Crippen LogP contribution in [-0.2, 0) is 22.6 Å². The average Bonchev–Trinajstić information content (AvgIpc) is 3.33. The lowest BCUT2D eigenvalue weighted by Gasteiger charge is -2.32. The number of nitrogens with zero attached hydrogens (tertiary/aromatic N) is 2. The standard InChI is InChI=1S/C24H34N4O3S/c1-6-19-27-14(2)20(32-19)16-9-7-15(8-10-16)12-26-22(30)18-11-17(29)13-28(18)23(31)21(25)24(3,4)5/h7-10,17-18,21,29H,6,11-13,25H2,1-5H3,(H,26,30)/t17-,18+,21-/m1/s1. The number of carbonyl (C=O) groups is 2. The highest BCUT2D eigenvalue weighted by atomic mass is 32.1. The van der Waals surface area contributed by atoms with Crippen molar-refractivity contribution < 1.29 is 14.7 Å². The first-order chi connectivity index (χ1) is 15.0. The molecule has 2 amide bonds. The number of aromatic nitrogens is 1. The first-order valence-electron chi connectivity index (χ1n) is 11.1. The fraction of sp³-hybridized carbons (Fsp3) is 0.542. The van der Waals surface area contributed by atoms with E-state index in [2.05, 4.69) is 17.2 Å². The van der Waals surface area contributed by atoms with Crippen LogP contribution in [-0.4, -0.2) is 51.5 Å². The van der Waals surface area contributed by atoms with Gasteiger partial charge in [-0.3, -0.25) is 9.59 Å². The van der Waals surface area contributed by atoms with Crippen molar-refractivity contribution in [3.8, 4) is 10.4 Å². The van der Waals surface area contributed by atoms with Crippen LogP contribution in [0.5, 0.6) is 0 Å². The topological polar surface area (TPSA) is 109 Å². The average molecular weight is 459 g/mol. The molecule has 1 aromatic heterocycles. The zero-order chi connectivity index (χ0) is 23.6. The highest BCUT2D eigenvalue weighted by Crippen LogP contribution is 2.30. The molecular formula is C24H34N4O3S. The number of carbonyl (C=O) groups excluding carboxylic acids is 2. The molecule has 1 aliphatic rings. The number of thiazole rings is 1. The van der Waals surface area contributed by atoms with E-state index in [-0.39, 0.29) is 24.8 Å². The molecule has 32 heavy (non-hydrogen) atoms. The summed E-state index contributed by atoms with van der Waals surface area (Å²) in [7, 11) is 0. The van der Waals surface area contributed by atoms with Crippen LogP contribution in [0.25, 0.3) is 10.4 Å². The van der Waals surface area contributed by atoms with Crippen molar-refractivity contribution >= 4 is 23.2 Å². The minimum atomic E-state index is -0.737. The van der Waals surface area contributed by atoms with Gasteiger partial charge >= 0.3 is 0 Å². The van der Waals surface area contributed by atoms with E-state index in [4.69, 9.17) is 5.73 Å². The predicted octanol–water partition coefficient (Wildman–Crippen LogP) is 2.63. The molecule has 1 fully saturated rings. The van der Waals surface area contributed by atoms with Crippen LogP contribution >= 0.6 is 11.3 Å². The van der Waals surface area contributed by atoms with Gasteiger partial charge in [0.15, 0.2) is 0 Å². The van der Waals surface area contributed by atoms with Crippen LogP contribution in [0.2, 0.25) is 0 Å². The maximum absolute atomic E-state index is 12.9. The largest absolute Gasteiger partial charge is 0.391 e. The van der Waals surface area contributed by atoms with Gasteiger partial charge in [-0.2, -0.15) is 0 Å². The van der Waals surface area contributed by atoms with Crippen molar-refractivity contribution in [1.82, 2.24) is 15.2 Å². The Morgan fingerprint density at radius 2 is 1.97 bits per heavy atom. The van der Waals surface area contributed by atoms with E-state index in [1.165, 1.54) is 9.78 Å². The molecule has 0 spiro atoms. The Kier molecular flexibility index (Phi) is 7.37. The summed E-state index contributed by atoms with van der Waals surface area (Å²) >= 11 is 1.71. The van der Waals surface area contributed by atoms with Crippen molar-refractivity contribution in [2.75, 3.05) is 6.54 Å². The second-order valence-electron chi connectivity index (χ2n) is 9.53. The second kappa shape index (κ2) is 9.68. The molecular weight excluding hydrogens is 424 g/mol. The zero-order valence-electron chi connectivity index (χ0n) is 19.5. The Labute approximate surface area is 194 Å². The van der Waals surface area contributed by atoms with E-state index in [1.54, 1.807) is 11.3 Å². The number of rotatable bonds is 6. The lowest BCUT2D eigenvalue weighted by Crippen LogP contribution is -2.54. The Balaban J connectivity index is 1.64. The van der Waals surface area contributed by atoms with Crippen LogP contribution in [0.1, 0.15) is 50.4 Å². The normalized spacial score (nSPS) is 19.8. The van der Waals surface area contributed by atoms with E-state index in [1.807, 2.05) is 52.0 Å². The van der Waals surface area contributed by atoms with Gasteiger partial charge in [0, 0.05) is 19.5 Å². The van der Waals surface area contributed by atoms with Crippen LogP contribution in [0.4, 0.5) is 0 Å². The Hall–Kier alpha value is -2.29. The van der Waals surface area contributed by atoms with Gasteiger partial charge in [0.25, 0.3) is 0 Å². The maximum Gasteiger partial charge on any atom is 0.243 e. The fourth-order valence-electron chi connectivity index (χ4n) is 3.81. The van der Waals surface area contributed by atoms with Gasteiger partial charge in [0.1, 0.15) is 6.04 Å². The molecule has 1 aromatic carbocycles. The number of hydrogen-bond donors (Lipinski definition) is 3. The first-order valence-corrected chi connectivity index (χ1v) is 11.9. The smallest absolute Gasteiger partial charge is 0.243 e. The highest BCUT2D eigenvalue weighted by Gasteiger charge is 2.42. The summed E-state index contributed by atoms with van der Waals surface area (Å²) in [6.07, 6.45) is 0.417. The monoisotopic (exact) mass is 458 g/mol. The minimum absolute atomic E-state index is 0.128. The van der Waals surface area contributed by atoms with Gasteiger partial charge in [0.05, 0.1) is 27.7 Å². The molecule has 0 radical (unpaired) electrons. The number of β-amino-alcohol motifs (C(OH)–C–C–N with tert-alkyl or cyclic N) is 1. The van der Waals surface area contributed by atoms with Crippen LogP contribution in [0, 0.1) is 12.3 Å². The number of hydrogen-bond acceptors (Lipinski definition) is 6. The van der Waals surface area contributed by atoms with Crippen molar-refractivity contribution in [3.05, 3.63) is 40.5 Å². The molecule has 174 valence electrons. The van der Waals surface area contributed by atoms with E-state index in [9.17, 15) is 14.7 Å². The quantitative estimate of drug-likeness (QED) is 0.617. The third-order valence-electron chi connectivity index (χ3n) is 5.89. The molecule has 3 atom stereocenters. The van der Waals surface area contributed by atoms with E-state index in [0.29, 0.717) is 6.54 Å². The number of benzene rings is 1. The molecule has 4 N–H and O–H groups in total. The molecule has 8 heteroatoms. The fourth-order valence-corrected chi connectivity index (χ4v) is 4.82. The summed E-state index contributed by atoms with van der Waals surface area (Å²) in [4.78, 5) is 32.9. The maximum atomic E-state index is 12.9. The number of nitrogens with one attached hydrogen (secondary N) is 1. The molecule has 0 saturated carbocycles. The summed E-state index contributed by atoms with van der Waals surface area (Å²) < 4.78 is 0. The third-order valence-corrected chi connectivity index (χ3v) is 7.24. The summed E-state index contributed by atoms with van der Waals surface area (Å²) in [6, 6.07) is 6.61. The van der Waals surface area contributed by atoms with E-state index >= 15 is 0 Å². The summed E-state index contributed by atoms with van der Waals surface area (Å²) in [5.74, 6) is -0.573. The molecule has 2 aromatic rings. The lowest BCUT2D eigenvalue weighted by molar-refractivity contribution is -0.141. The van der Waals surface area contributed by atoms with Crippen LogP contribution < -0.4 is 11.1 Å². The van der Waals surface area contributed by atoms with E-state index in [0.717, 1.165) is 28.2 Å². The number of aliphatic hydroxyl groups is 1. The number of nitrogens with two attached hydrogens (primary N) is 1. The predicted molar refractivity (Wildman–Crippen MR) is 127 cm³/mol. The first kappa shape index (κ1) is 24.4. The van der Waals surface area contributed by atoms with Crippen molar-refractivity contribution in [1.29, 1.82) is 0 Å². The van der Waals surface area contributed by atoms with Crippen molar-refractivity contribution in [3.63, 3.8) is 0 Å². The highest BCUT2D eigenvalue weighted by molar-refractivity contribution is 7.15. The van der Waals surface area contributed by atoms with Crippen molar-refractivity contribution in [2.45, 2.75) is 72.2 Å². The SMILES string of the molecule is CCc1nc(C)c(-c2ccc(CNC(=O)[C@@H]3C[C@@H](O)CN3C(=O)[C@@H](N)C(C)(C)C)cc2)s1. The molecule has 1 aliphatic heterocycles. The Bertz CT molecular complexity index is 965. The summed E-state index contributed by atoms with van der Waals surface area (Å²) in [5, 5.41) is 14.1. The molecule has 7 nitrogen and oxygen atoms in total. The van der Waals surface area contributed by atoms with Crippen LogP contribution in [0.3, 0.4) is 0 Å². The molecule has 2 heterocycles. The van der Waals surface area contributed by atoms with Crippen LogP contribution in [0.15, 0.2) is 24.3 Å². The third kappa shape index (κ3) is 5.36. The molecule has 1 saturated heterocycles. The molecule has 0 unspecified atom stereocenters. The molecule has 3 rings (SSSR count). The minimum Gasteiger partial charge on any atom is -0.391 e. The number of aryl methyl sites for hydroxylation is 2. The Morgan fingerprint density at radius 3 is 2.53 bits per heavy atom. The number of aliphatic hydroxyl groups excluding tert-OH is 1. The van der Waals surface area contributed by atoms with Gasteiger partial charge < -0.3 is 21.1 Å². The van der Waals surface area contributed by atoms with Gasteiger partial charge in [-0.1, -0.05) is 52.0 Å². The second-order valence-corrected chi connectivity index (χ2v) is 10.6. The van der Waals surface area contributed by atoms with Gasteiger partial charge in [-0.15, -0.1) is 11.3 Å².